The molecule has 0 bridgehead atoms. The molecule has 2 heterocycles. The third-order valence-electron chi connectivity index (χ3n) is 5.15. The molecule has 7 heteroatoms. The summed E-state index contributed by atoms with van der Waals surface area (Å²) < 4.78 is 5.76. The largest absolute Gasteiger partial charge is 0.423 e. The maximum atomic E-state index is 13.2. The van der Waals surface area contributed by atoms with Gasteiger partial charge in [0.15, 0.2) is 5.58 Å². The van der Waals surface area contributed by atoms with E-state index in [1.54, 1.807) is 0 Å². The number of amides is 1. The Morgan fingerprint density at radius 2 is 1.62 bits per heavy atom. The van der Waals surface area contributed by atoms with Crippen LogP contribution in [0.25, 0.3) is 11.1 Å². The van der Waals surface area contributed by atoms with Crippen LogP contribution in [-0.2, 0) is 4.79 Å². The summed E-state index contributed by atoms with van der Waals surface area (Å²) in [4.78, 5) is 22.4. The number of hydrogen-bond donors (Lipinski definition) is 3. The Hall–Kier alpha value is -4.39. The van der Waals surface area contributed by atoms with Crippen molar-refractivity contribution in [1.82, 2.24) is 10.3 Å². The zero-order valence-corrected chi connectivity index (χ0v) is 17.4. The van der Waals surface area contributed by atoms with Crippen LogP contribution in [-0.4, -0.2) is 16.9 Å². The Balaban J connectivity index is 1.47. The van der Waals surface area contributed by atoms with Gasteiger partial charge in [0, 0.05) is 11.4 Å². The number of aliphatic imine (C=N–C) groups is 1. The Morgan fingerprint density at radius 1 is 0.938 bits per heavy atom. The highest BCUT2D eigenvalue weighted by atomic mass is 16.4. The lowest BCUT2D eigenvalue weighted by Gasteiger charge is -2.26. The van der Waals surface area contributed by atoms with Crippen LogP contribution < -0.4 is 16.0 Å². The molecule has 0 spiro atoms. The fourth-order valence-electron chi connectivity index (χ4n) is 3.66. The first-order chi connectivity index (χ1) is 15.7. The van der Waals surface area contributed by atoms with E-state index >= 15 is 0 Å². The van der Waals surface area contributed by atoms with Gasteiger partial charge in [-0.25, -0.2) is 4.99 Å². The van der Waals surface area contributed by atoms with Gasteiger partial charge in [-0.2, -0.15) is 4.98 Å². The summed E-state index contributed by atoms with van der Waals surface area (Å²) in [5.74, 6) is 0.249. The van der Waals surface area contributed by atoms with Crippen LogP contribution >= 0.6 is 0 Å². The molecule has 158 valence electrons. The van der Waals surface area contributed by atoms with Crippen molar-refractivity contribution in [3.8, 4) is 0 Å². The smallest absolute Gasteiger partial charge is 0.302 e. The van der Waals surface area contributed by atoms with Gasteiger partial charge in [-0.05, 0) is 36.8 Å². The first kappa shape index (κ1) is 19.6. The van der Waals surface area contributed by atoms with Crippen LogP contribution in [0.3, 0.4) is 0 Å². The molecule has 4 aromatic rings. The molecule has 0 aliphatic carbocycles. The number of nitrogens with zero attached hydrogens (tertiary/aromatic N) is 2. The highest BCUT2D eigenvalue weighted by molar-refractivity contribution is 6.07. The molecule has 7 nitrogen and oxygen atoms in total. The first-order valence-corrected chi connectivity index (χ1v) is 10.3. The van der Waals surface area contributed by atoms with Gasteiger partial charge >= 0.3 is 6.01 Å². The van der Waals surface area contributed by atoms with Crippen molar-refractivity contribution < 1.29 is 9.21 Å². The van der Waals surface area contributed by atoms with Crippen LogP contribution in [0, 0.1) is 0 Å². The van der Waals surface area contributed by atoms with Gasteiger partial charge in [0.1, 0.15) is 11.6 Å². The number of benzene rings is 3. The molecule has 3 N–H and O–H groups in total. The van der Waals surface area contributed by atoms with Crippen molar-refractivity contribution in [2.75, 3.05) is 10.6 Å². The lowest BCUT2D eigenvalue weighted by Crippen LogP contribution is -2.37. The molecule has 32 heavy (non-hydrogen) atoms. The molecule has 0 radical (unpaired) electrons. The van der Waals surface area contributed by atoms with Gasteiger partial charge in [0.2, 0.25) is 5.96 Å². The first-order valence-electron chi connectivity index (χ1n) is 10.3. The van der Waals surface area contributed by atoms with Crippen molar-refractivity contribution in [2.45, 2.75) is 13.0 Å². The maximum Gasteiger partial charge on any atom is 0.302 e. The monoisotopic (exact) mass is 423 g/mol. The number of nitrogens with one attached hydrogen (secondary N) is 3. The summed E-state index contributed by atoms with van der Waals surface area (Å²) in [6, 6.07) is 26.5. The van der Waals surface area contributed by atoms with E-state index in [1.165, 1.54) is 0 Å². The molecule has 5 rings (SSSR count). The van der Waals surface area contributed by atoms with Crippen molar-refractivity contribution in [2.24, 2.45) is 4.99 Å². The van der Waals surface area contributed by atoms with Crippen LogP contribution in [0.1, 0.15) is 18.5 Å². The standard InChI is InChI=1S/C25H21N5O2/c1-16-21(23(31)27-18-12-6-3-7-13-18)22(17-10-4-2-5-11-17)29-24(26-16)30-25-28-19-14-8-9-15-20(19)32-25/h2-15,22H,1H3,(H,27,31)(H2,26,28,29,30). The topological polar surface area (TPSA) is 91.5 Å². The summed E-state index contributed by atoms with van der Waals surface area (Å²) in [7, 11) is 0. The SMILES string of the molecule is CC1=C(C(=O)Nc2ccccc2)C(c2ccccc2)N=C(Nc2nc3ccccc3o2)N1. The van der Waals surface area contributed by atoms with Crippen LogP contribution in [0.4, 0.5) is 11.7 Å². The van der Waals surface area contributed by atoms with E-state index in [2.05, 4.69) is 20.9 Å². The molecule has 1 amide bonds. The minimum atomic E-state index is -0.493. The van der Waals surface area contributed by atoms with Crippen LogP contribution in [0.2, 0.25) is 0 Å². The summed E-state index contributed by atoms with van der Waals surface area (Å²) in [5.41, 5.74) is 4.30. The van der Waals surface area contributed by atoms with E-state index in [0.29, 0.717) is 28.8 Å². The van der Waals surface area contributed by atoms with E-state index in [0.717, 1.165) is 16.8 Å². The number of guanidine groups is 1. The molecule has 3 aromatic carbocycles. The van der Waals surface area contributed by atoms with Crippen molar-refractivity contribution in [1.29, 1.82) is 0 Å². The maximum absolute atomic E-state index is 13.2. The molecule has 0 saturated carbocycles. The highest BCUT2D eigenvalue weighted by Gasteiger charge is 2.29. The third kappa shape index (κ3) is 3.96. The predicted molar refractivity (Wildman–Crippen MR) is 125 cm³/mol. The number of rotatable bonds is 4. The Kier molecular flexibility index (Phi) is 5.13. The van der Waals surface area contributed by atoms with Crippen molar-refractivity contribution in [3.63, 3.8) is 0 Å². The molecule has 0 saturated heterocycles. The highest BCUT2D eigenvalue weighted by Crippen LogP contribution is 2.31. The molecular weight excluding hydrogens is 402 g/mol. The van der Waals surface area contributed by atoms with Crippen molar-refractivity contribution >= 4 is 34.7 Å². The number of anilines is 2. The normalized spacial score (nSPS) is 15.8. The number of carbonyl (C=O) groups excluding carboxylic acids is 1. The number of carbonyl (C=O) groups is 1. The van der Waals surface area contributed by atoms with Gasteiger partial charge in [-0.3, -0.25) is 10.1 Å². The quantitative estimate of drug-likeness (QED) is 0.436. The van der Waals surface area contributed by atoms with Crippen LogP contribution in [0.5, 0.6) is 0 Å². The molecule has 1 atom stereocenters. The fraction of sp³-hybridized carbons (Fsp3) is 0.0800. The Labute approximate surface area is 184 Å². The van der Waals surface area contributed by atoms with E-state index in [1.807, 2.05) is 91.9 Å². The lowest BCUT2D eigenvalue weighted by molar-refractivity contribution is -0.113. The number of aromatic nitrogens is 1. The van der Waals surface area contributed by atoms with Gasteiger partial charge in [0.25, 0.3) is 5.91 Å². The molecule has 1 aromatic heterocycles. The van der Waals surface area contributed by atoms with Gasteiger partial charge in [0.05, 0.1) is 5.57 Å². The van der Waals surface area contributed by atoms with E-state index < -0.39 is 6.04 Å². The summed E-state index contributed by atoms with van der Waals surface area (Å²) in [6.07, 6.45) is 0. The Bertz CT molecular complexity index is 1290. The third-order valence-corrected chi connectivity index (χ3v) is 5.15. The summed E-state index contributed by atoms with van der Waals surface area (Å²) in [5, 5.41) is 9.25. The number of para-hydroxylation sites is 3. The van der Waals surface area contributed by atoms with Gasteiger partial charge in [-0.15, -0.1) is 0 Å². The number of oxazole rings is 1. The average molecular weight is 423 g/mol. The molecule has 1 unspecified atom stereocenters. The zero-order chi connectivity index (χ0) is 21.9. The molecule has 0 fully saturated rings. The van der Waals surface area contributed by atoms with Crippen molar-refractivity contribution in [3.05, 3.63) is 102 Å². The Morgan fingerprint density at radius 3 is 2.38 bits per heavy atom. The van der Waals surface area contributed by atoms with Crippen LogP contribution in [0.15, 0.2) is 106 Å². The predicted octanol–water partition coefficient (Wildman–Crippen LogP) is 4.85. The second-order valence-electron chi connectivity index (χ2n) is 7.39. The zero-order valence-electron chi connectivity index (χ0n) is 17.4. The van der Waals surface area contributed by atoms with E-state index in [9.17, 15) is 4.79 Å². The molecule has 1 aliphatic rings. The second kappa shape index (κ2) is 8.39. The summed E-state index contributed by atoms with van der Waals surface area (Å²) >= 11 is 0. The fourth-order valence-corrected chi connectivity index (χ4v) is 3.66. The number of hydrogen-bond acceptors (Lipinski definition) is 6. The molecular formula is C25H21N5O2. The van der Waals surface area contributed by atoms with Gasteiger partial charge < -0.3 is 15.1 Å². The number of fused-ring (bicyclic) bond motifs is 1. The minimum Gasteiger partial charge on any atom is -0.423 e. The average Bonchev–Trinajstić information content (AvgIpc) is 3.22. The number of allylic oxidation sites excluding steroid dienone is 1. The molecule has 1 aliphatic heterocycles. The van der Waals surface area contributed by atoms with Gasteiger partial charge in [-0.1, -0.05) is 60.7 Å². The van der Waals surface area contributed by atoms with E-state index in [4.69, 9.17) is 9.41 Å². The minimum absolute atomic E-state index is 0.209. The second-order valence-corrected chi connectivity index (χ2v) is 7.39. The summed E-state index contributed by atoms with van der Waals surface area (Å²) in [6.45, 7) is 1.86. The van der Waals surface area contributed by atoms with E-state index in [-0.39, 0.29) is 5.91 Å². The lowest BCUT2D eigenvalue weighted by atomic mass is 9.95.